The summed E-state index contributed by atoms with van der Waals surface area (Å²) in [6, 6.07) is 1.01. The second kappa shape index (κ2) is 3.55. The van der Waals surface area contributed by atoms with E-state index in [0.717, 1.165) is 6.04 Å². The van der Waals surface area contributed by atoms with Gasteiger partial charge in [-0.1, -0.05) is 0 Å². The fourth-order valence-electron chi connectivity index (χ4n) is 2.54. The number of hydrogen-bond acceptors (Lipinski definition) is 0. The summed E-state index contributed by atoms with van der Waals surface area (Å²) in [5.41, 5.74) is 0. The zero-order valence-corrected chi connectivity index (χ0v) is 7.31. The van der Waals surface area contributed by atoms with E-state index in [-0.39, 0.29) is 0 Å². The van der Waals surface area contributed by atoms with Gasteiger partial charge in [0.1, 0.15) is 12.6 Å². The zero-order chi connectivity index (χ0) is 7.52. The van der Waals surface area contributed by atoms with Crippen LogP contribution in [0, 0.1) is 0 Å². The van der Waals surface area contributed by atoms with Crippen molar-refractivity contribution >= 4 is 0 Å². The first-order valence-corrected chi connectivity index (χ1v) is 5.13. The summed E-state index contributed by atoms with van der Waals surface area (Å²) in [5, 5.41) is 2.48. The quantitative estimate of drug-likeness (QED) is 0.456. The van der Waals surface area contributed by atoms with Gasteiger partial charge >= 0.3 is 0 Å². The monoisotopic (exact) mass is 156 g/mol. The van der Waals surface area contributed by atoms with Gasteiger partial charge in [-0.25, -0.2) is 0 Å². The van der Waals surface area contributed by atoms with Crippen LogP contribution in [-0.2, 0) is 0 Å². The number of quaternary nitrogens is 2. The first kappa shape index (κ1) is 7.56. The standard InChI is InChI=1S/C9H18N2/c1-2-6-11(7-3-1)9-4-5-10-8-9/h9-10H,1-8H2/p+2/t9-/m0/s1. The first-order valence-electron chi connectivity index (χ1n) is 5.13. The minimum atomic E-state index is 1.01. The van der Waals surface area contributed by atoms with E-state index < -0.39 is 0 Å². The molecule has 2 saturated heterocycles. The van der Waals surface area contributed by atoms with Gasteiger partial charge in [-0.15, -0.1) is 0 Å². The van der Waals surface area contributed by atoms with Crippen LogP contribution < -0.4 is 10.2 Å². The largest absolute Gasteiger partial charge is 0.341 e. The van der Waals surface area contributed by atoms with Crippen LogP contribution in [-0.4, -0.2) is 32.2 Å². The SMILES string of the molecule is C1CC[NH+]([C@H]2CC[NH2+]C2)CC1. The molecule has 0 aromatic heterocycles. The summed E-state index contributed by atoms with van der Waals surface area (Å²) in [4.78, 5) is 1.91. The highest BCUT2D eigenvalue weighted by Gasteiger charge is 2.29. The number of likely N-dealkylation sites (tertiary alicyclic amines) is 1. The smallest absolute Gasteiger partial charge is 0.142 e. The second-order valence-corrected chi connectivity index (χ2v) is 4.02. The Kier molecular flexibility index (Phi) is 2.44. The molecule has 2 aliphatic rings. The van der Waals surface area contributed by atoms with Crippen LogP contribution in [0.4, 0.5) is 0 Å². The molecular formula is C9H20N2+2. The van der Waals surface area contributed by atoms with Crippen LogP contribution in [0.25, 0.3) is 0 Å². The van der Waals surface area contributed by atoms with Gasteiger partial charge in [-0.05, 0) is 19.3 Å². The van der Waals surface area contributed by atoms with Crippen molar-refractivity contribution in [2.24, 2.45) is 0 Å². The molecule has 0 saturated carbocycles. The lowest BCUT2D eigenvalue weighted by Crippen LogP contribution is -3.17. The molecule has 2 rings (SSSR count). The van der Waals surface area contributed by atoms with Gasteiger partial charge in [0.15, 0.2) is 0 Å². The molecular weight excluding hydrogens is 136 g/mol. The summed E-state index contributed by atoms with van der Waals surface area (Å²) < 4.78 is 0. The summed E-state index contributed by atoms with van der Waals surface area (Å²) in [7, 11) is 0. The lowest BCUT2D eigenvalue weighted by atomic mass is 10.1. The fraction of sp³-hybridized carbons (Fsp3) is 1.00. The first-order chi connectivity index (χ1) is 5.47. The molecule has 0 unspecified atom stereocenters. The van der Waals surface area contributed by atoms with Crippen molar-refractivity contribution in [3.8, 4) is 0 Å². The van der Waals surface area contributed by atoms with E-state index in [0.29, 0.717) is 0 Å². The van der Waals surface area contributed by atoms with E-state index in [2.05, 4.69) is 5.32 Å². The molecule has 0 spiro atoms. The van der Waals surface area contributed by atoms with Crippen LogP contribution in [0.3, 0.4) is 0 Å². The van der Waals surface area contributed by atoms with Crippen molar-refractivity contribution in [1.82, 2.24) is 0 Å². The van der Waals surface area contributed by atoms with Gasteiger partial charge in [0.2, 0.25) is 0 Å². The number of nitrogens with one attached hydrogen (secondary N) is 1. The van der Waals surface area contributed by atoms with Crippen molar-refractivity contribution < 1.29 is 10.2 Å². The number of piperidine rings is 1. The maximum absolute atomic E-state index is 2.48. The van der Waals surface area contributed by atoms with E-state index in [9.17, 15) is 0 Å². The molecule has 3 N–H and O–H groups in total. The van der Waals surface area contributed by atoms with Crippen LogP contribution >= 0.6 is 0 Å². The molecule has 0 aliphatic carbocycles. The van der Waals surface area contributed by atoms with E-state index in [1.165, 1.54) is 51.9 Å². The lowest BCUT2D eigenvalue weighted by Gasteiger charge is -2.27. The Morgan fingerprint density at radius 1 is 1.09 bits per heavy atom. The van der Waals surface area contributed by atoms with E-state index in [1.807, 2.05) is 4.90 Å². The van der Waals surface area contributed by atoms with Crippen LogP contribution in [0.5, 0.6) is 0 Å². The third-order valence-electron chi connectivity index (χ3n) is 3.24. The van der Waals surface area contributed by atoms with Crippen molar-refractivity contribution in [3.05, 3.63) is 0 Å². The Morgan fingerprint density at radius 3 is 2.55 bits per heavy atom. The van der Waals surface area contributed by atoms with E-state index in [1.54, 1.807) is 0 Å². The summed E-state index contributed by atoms with van der Waals surface area (Å²) in [6.07, 6.45) is 5.91. The van der Waals surface area contributed by atoms with E-state index >= 15 is 0 Å². The van der Waals surface area contributed by atoms with Crippen molar-refractivity contribution in [1.29, 1.82) is 0 Å². The predicted molar refractivity (Wildman–Crippen MR) is 44.6 cm³/mol. The Balaban J connectivity index is 1.82. The highest BCUT2D eigenvalue weighted by atomic mass is 15.2. The Labute approximate surface area is 69.0 Å². The van der Waals surface area contributed by atoms with Gasteiger partial charge < -0.3 is 10.2 Å². The third kappa shape index (κ3) is 1.74. The fourth-order valence-corrected chi connectivity index (χ4v) is 2.54. The number of nitrogens with two attached hydrogens (primary N) is 1. The van der Waals surface area contributed by atoms with Gasteiger partial charge in [0.25, 0.3) is 0 Å². The molecule has 64 valence electrons. The Morgan fingerprint density at radius 2 is 1.91 bits per heavy atom. The molecule has 2 nitrogen and oxygen atoms in total. The zero-order valence-electron chi connectivity index (χ0n) is 7.31. The number of hydrogen-bond donors (Lipinski definition) is 2. The van der Waals surface area contributed by atoms with Crippen molar-refractivity contribution in [2.75, 3.05) is 26.2 Å². The molecule has 0 radical (unpaired) electrons. The average Bonchev–Trinajstić information content (AvgIpc) is 2.58. The predicted octanol–water partition coefficient (Wildman–Crippen LogP) is -1.61. The van der Waals surface area contributed by atoms with Gasteiger partial charge in [0.05, 0.1) is 26.1 Å². The van der Waals surface area contributed by atoms with Crippen LogP contribution in [0.1, 0.15) is 25.7 Å². The molecule has 11 heavy (non-hydrogen) atoms. The summed E-state index contributed by atoms with van der Waals surface area (Å²) in [6.45, 7) is 5.69. The molecule has 1 atom stereocenters. The average molecular weight is 156 g/mol. The third-order valence-corrected chi connectivity index (χ3v) is 3.24. The number of rotatable bonds is 1. The van der Waals surface area contributed by atoms with Crippen molar-refractivity contribution in [2.45, 2.75) is 31.7 Å². The summed E-state index contributed by atoms with van der Waals surface area (Å²) in [5.74, 6) is 0. The maximum atomic E-state index is 2.48. The molecule has 2 aliphatic heterocycles. The molecule has 2 fully saturated rings. The van der Waals surface area contributed by atoms with Gasteiger partial charge in [-0.3, -0.25) is 0 Å². The van der Waals surface area contributed by atoms with Crippen LogP contribution in [0.2, 0.25) is 0 Å². The Hall–Kier alpha value is -0.0800. The minimum absolute atomic E-state index is 1.01. The lowest BCUT2D eigenvalue weighted by molar-refractivity contribution is -0.934. The normalized spacial score (nSPS) is 34.4. The van der Waals surface area contributed by atoms with Crippen LogP contribution in [0.15, 0.2) is 0 Å². The molecule has 2 heterocycles. The highest BCUT2D eigenvalue weighted by Crippen LogP contribution is 1.97. The Bertz CT molecular complexity index is 113. The van der Waals surface area contributed by atoms with E-state index in [4.69, 9.17) is 0 Å². The molecule has 0 amide bonds. The highest BCUT2D eigenvalue weighted by molar-refractivity contribution is 4.59. The minimum Gasteiger partial charge on any atom is -0.341 e. The molecule has 0 aromatic rings. The molecule has 0 bridgehead atoms. The topological polar surface area (TPSA) is 21.1 Å². The molecule has 2 heteroatoms. The van der Waals surface area contributed by atoms with Crippen molar-refractivity contribution in [3.63, 3.8) is 0 Å². The maximum Gasteiger partial charge on any atom is 0.142 e. The van der Waals surface area contributed by atoms with Gasteiger partial charge in [-0.2, -0.15) is 0 Å². The molecule has 0 aromatic carbocycles. The second-order valence-electron chi connectivity index (χ2n) is 4.02. The summed E-state index contributed by atoms with van der Waals surface area (Å²) >= 11 is 0. The van der Waals surface area contributed by atoms with Gasteiger partial charge in [0, 0.05) is 0 Å².